The third kappa shape index (κ3) is 3.97. The van der Waals surface area contributed by atoms with Crippen molar-refractivity contribution in [1.82, 2.24) is 5.32 Å². The summed E-state index contributed by atoms with van der Waals surface area (Å²) in [4.78, 5) is 0. The van der Waals surface area contributed by atoms with Gasteiger partial charge in [-0.3, -0.25) is 0 Å². The Morgan fingerprint density at radius 2 is 1.84 bits per heavy atom. The van der Waals surface area contributed by atoms with Crippen molar-refractivity contribution in [3.05, 3.63) is 29.8 Å². The van der Waals surface area contributed by atoms with Gasteiger partial charge in [-0.1, -0.05) is 31.4 Å². The van der Waals surface area contributed by atoms with Crippen molar-refractivity contribution in [2.45, 2.75) is 44.4 Å². The summed E-state index contributed by atoms with van der Waals surface area (Å²) in [7, 11) is 3.78. The fourth-order valence-electron chi connectivity index (χ4n) is 3.36. The molecular weight excluding hydrogens is 234 g/mol. The first-order valence-corrected chi connectivity index (χ1v) is 7.63. The van der Waals surface area contributed by atoms with Crippen molar-refractivity contribution < 1.29 is 4.74 Å². The summed E-state index contributed by atoms with van der Waals surface area (Å²) in [6, 6.07) is 8.72. The molecular formula is C17H27NO. The van der Waals surface area contributed by atoms with Gasteiger partial charge in [-0.25, -0.2) is 0 Å². The molecule has 0 aliphatic heterocycles. The molecule has 1 aromatic rings. The van der Waals surface area contributed by atoms with Crippen LogP contribution in [0.15, 0.2) is 24.3 Å². The fourth-order valence-corrected chi connectivity index (χ4v) is 3.36. The van der Waals surface area contributed by atoms with Crippen LogP contribution in [0.5, 0.6) is 5.75 Å². The molecule has 1 atom stereocenters. The van der Waals surface area contributed by atoms with Crippen molar-refractivity contribution in [3.63, 3.8) is 0 Å². The molecule has 2 heteroatoms. The second-order valence-corrected chi connectivity index (χ2v) is 5.67. The van der Waals surface area contributed by atoms with Gasteiger partial charge in [0.25, 0.3) is 0 Å². The molecule has 1 fully saturated rings. The van der Waals surface area contributed by atoms with Gasteiger partial charge in [0.1, 0.15) is 5.75 Å². The maximum absolute atomic E-state index is 5.26. The minimum atomic E-state index is 0.707. The van der Waals surface area contributed by atoms with Crippen LogP contribution in [-0.4, -0.2) is 20.7 Å². The minimum absolute atomic E-state index is 0.707. The zero-order chi connectivity index (χ0) is 13.5. The van der Waals surface area contributed by atoms with Gasteiger partial charge < -0.3 is 10.1 Å². The van der Waals surface area contributed by atoms with Crippen molar-refractivity contribution in [2.24, 2.45) is 5.92 Å². The van der Waals surface area contributed by atoms with Crippen molar-refractivity contribution in [3.8, 4) is 5.75 Å². The number of methoxy groups -OCH3 is 1. The van der Waals surface area contributed by atoms with E-state index in [1.807, 2.05) is 7.05 Å². The second-order valence-electron chi connectivity index (χ2n) is 5.67. The lowest BCUT2D eigenvalue weighted by Crippen LogP contribution is -2.20. The topological polar surface area (TPSA) is 21.3 Å². The summed E-state index contributed by atoms with van der Waals surface area (Å²) in [5.74, 6) is 2.54. The molecule has 1 saturated carbocycles. The Bertz CT molecular complexity index is 354. The third-order valence-electron chi connectivity index (χ3n) is 4.47. The molecule has 1 aliphatic rings. The van der Waals surface area contributed by atoms with E-state index >= 15 is 0 Å². The van der Waals surface area contributed by atoms with E-state index in [9.17, 15) is 0 Å². The average molecular weight is 261 g/mol. The van der Waals surface area contributed by atoms with Gasteiger partial charge in [0, 0.05) is 0 Å². The van der Waals surface area contributed by atoms with Crippen LogP contribution in [0.1, 0.15) is 50.0 Å². The highest BCUT2D eigenvalue weighted by Gasteiger charge is 2.24. The average Bonchev–Trinajstić information content (AvgIpc) is 2.49. The van der Waals surface area contributed by atoms with Crippen molar-refractivity contribution >= 4 is 0 Å². The predicted octanol–water partition coefficient (Wildman–Crippen LogP) is 3.97. The van der Waals surface area contributed by atoms with Crippen LogP contribution in [0, 0.1) is 5.92 Å². The zero-order valence-electron chi connectivity index (χ0n) is 12.3. The monoisotopic (exact) mass is 261 g/mol. The van der Waals surface area contributed by atoms with E-state index in [0.717, 1.165) is 18.2 Å². The van der Waals surface area contributed by atoms with Crippen LogP contribution >= 0.6 is 0 Å². The number of rotatable bonds is 6. The maximum atomic E-state index is 5.26. The first kappa shape index (κ1) is 14.4. The highest BCUT2D eigenvalue weighted by molar-refractivity contribution is 5.29. The van der Waals surface area contributed by atoms with Gasteiger partial charge in [-0.2, -0.15) is 0 Å². The number of benzene rings is 1. The largest absolute Gasteiger partial charge is 0.497 e. The first-order valence-electron chi connectivity index (χ1n) is 7.63. The van der Waals surface area contributed by atoms with E-state index in [0.29, 0.717) is 5.92 Å². The van der Waals surface area contributed by atoms with Gasteiger partial charge in [-0.05, 0) is 62.4 Å². The molecule has 0 aromatic heterocycles. The molecule has 0 amide bonds. The third-order valence-corrected chi connectivity index (χ3v) is 4.47. The van der Waals surface area contributed by atoms with Crippen LogP contribution in [0.4, 0.5) is 0 Å². The molecule has 2 nitrogen and oxygen atoms in total. The maximum Gasteiger partial charge on any atom is 0.118 e. The number of hydrogen-bond acceptors (Lipinski definition) is 2. The van der Waals surface area contributed by atoms with Gasteiger partial charge in [0.15, 0.2) is 0 Å². The fraction of sp³-hybridized carbons (Fsp3) is 0.647. The number of ether oxygens (including phenoxy) is 1. The summed E-state index contributed by atoms with van der Waals surface area (Å²) < 4.78 is 5.26. The number of hydrogen-bond donors (Lipinski definition) is 1. The van der Waals surface area contributed by atoms with Gasteiger partial charge in [-0.15, -0.1) is 0 Å². The van der Waals surface area contributed by atoms with Crippen LogP contribution in [0.2, 0.25) is 0 Å². The summed E-state index contributed by atoms with van der Waals surface area (Å²) in [5, 5.41) is 3.30. The lowest BCUT2D eigenvalue weighted by atomic mass is 9.75. The Hall–Kier alpha value is -1.02. The SMILES string of the molecule is CNCCC(c1ccc(OC)cc1)C1CCCCC1. The minimum Gasteiger partial charge on any atom is -0.497 e. The van der Waals surface area contributed by atoms with Crippen LogP contribution < -0.4 is 10.1 Å². The molecule has 2 rings (SSSR count). The summed E-state index contributed by atoms with van der Waals surface area (Å²) >= 11 is 0. The molecule has 0 radical (unpaired) electrons. The molecule has 1 unspecified atom stereocenters. The van der Waals surface area contributed by atoms with E-state index in [-0.39, 0.29) is 0 Å². The molecule has 19 heavy (non-hydrogen) atoms. The lowest BCUT2D eigenvalue weighted by molar-refractivity contribution is 0.293. The molecule has 0 saturated heterocycles. The summed E-state index contributed by atoms with van der Waals surface area (Å²) in [6.07, 6.45) is 8.31. The summed E-state index contributed by atoms with van der Waals surface area (Å²) in [5.41, 5.74) is 1.49. The van der Waals surface area contributed by atoms with E-state index < -0.39 is 0 Å². The smallest absolute Gasteiger partial charge is 0.118 e. The zero-order valence-corrected chi connectivity index (χ0v) is 12.3. The van der Waals surface area contributed by atoms with Crippen LogP contribution in [-0.2, 0) is 0 Å². The molecule has 1 aromatic carbocycles. The standard InChI is InChI=1S/C17H27NO/c1-18-13-12-17(14-6-4-3-5-7-14)15-8-10-16(19-2)11-9-15/h8-11,14,17-18H,3-7,12-13H2,1-2H3. The number of nitrogens with one attached hydrogen (secondary N) is 1. The molecule has 106 valence electrons. The van der Waals surface area contributed by atoms with E-state index in [1.54, 1.807) is 7.11 Å². The molecule has 0 heterocycles. The van der Waals surface area contributed by atoms with Crippen molar-refractivity contribution in [2.75, 3.05) is 20.7 Å². The first-order chi connectivity index (χ1) is 9.35. The highest BCUT2D eigenvalue weighted by atomic mass is 16.5. The van der Waals surface area contributed by atoms with E-state index in [1.165, 1.54) is 44.1 Å². The quantitative estimate of drug-likeness (QED) is 0.836. The Morgan fingerprint density at radius 3 is 2.42 bits per heavy atom. The summed E-state index contributed by atoms with van der Waals surface area (Å²) in [6.45, 7) is 1.10. The Kier molecular flexibility index (Phi) is 5.71. The van der Waals surface area contributed by atoms with Crippen LogP contribution in [0.25, 0.3) is 0 Å². The molecule has 0 bridgehead atoms. The van der Waals surface area contributed by atoms with Gasteiger partial charge >= 0.3 is 0 Å². The Labute approximate surface area is 117 Å². The highest BCUT2D eigenvalue weighted by Crippen LogP contribution is 2.38. The molecule has 1 aliphatic carbocycles. The Balaban J connectivity index is 2.10. The molecule has 0 spiro atoms. The molecule has 1 N–H and O–H groups in total. The normalized spacial score (nSPS) is 18.2. The van der Waals surface area contributed by atoms with E-state index in [2.05, 4.69) is 29.6 Å². The van der Waals surface area contributed by atoms with E-state index in [4.69, 9.17) is 4.74 Å². The lowest BCUT2D eigenvalue weighted by Gasteiger charge is -2.31. The van der Waals surface area contributed by atoms with Gasteiger partial charge in [0.05, 0.1) is 7.11 Å². The second kappa shape index (κ2) is 7.54. The predicted molar refractivity (Wildman–Crippen MR) is 80.9 cm³/mol. The van der Waals surface area contributed by atoms with Crippen LogP contribution in [0.3, 0.4) is 0 Å². The van der Waals surface area contributed by atoms with Crippen molar-refractivity contribution in [1.29, 1.82) is 0 Å². The Morgan fingerprint density at radius 1 is 1.16 bits per heavy atom. The van der Waals surface area contributed by atoms with Gasteiger partial charge in [0.2, 0.25) is 0 Å².